The van der Waals surface area contributed by atoms with E-state index in [0.717, 1.165) is 0 Å². The zero-order valence-corrected chi connectivity index (χ0v) is 9.04. The number of rotatable bonds is 5. The second-order valence-corrected chi connectivity index (χ2v) is 2.77. The fourth-order valence-corrected chi connectivity index (χ4v) is 1.05. The Kier molecular flexibility index (Phi) is 4.26. The molecular formula is C10H12N2O4. The van der Waals surface area contributed by atoms with Crippen LogP contribution in [0.15, 0.2) is 18.4 Å². The first-order chi connectivity index (χ1) is 7.69. The van der Waals surface area contributed by atoms with E-state index in [4.69, 9.17) is 9.47 Å². The summed E-state index contributed by atoms with van der Waals surface area (Å²) >= 11 is 0. The molecule has 0 bridgehead atoms. The maximum Gasteiger partial charge on any atom is 0.295 e. The van der Waals surface area contributed by atoms with Crippen molar-refractivity contribution in [3.05, 3.63) is 34.2 Å². The Bertz CT molecular complexity index is 404. The van der Waals surface area contributed by atoms with Crippen LogP contribution in [0.1, 0.15) is 12.6 Å². The highest BCUT2D eigenvalue weighted by Crippen LogP contribution is 2.21. The number of hydrogen-bond acceptors (Lipinski definition) is 5. The van der Waals surface area contributed by atoms with Gasteiger partial charge in [-0.25, -0.2) is 4.98 Å². The minimum atomic E-state index is -0.502. The molecule has 1 heterocycles. The molecule has 6 heteroatoms. The van der Waals surface area contributed by atoms with Crippen LogP contribution in [-0.2, 0) is 4.74 Å². The maximum atomic E-state index is 10.7. The van der Waals surface area contributed by atoms with Gasteiger partial charge in [-0.05, 0) is 6.92 Å². The number of methoxy groups -OCH3 is 1. The van der Waals surface area contributed by atoms with Crippen LogP contribution < -0.4 is 4.74 Å². The SMILES string of the molecule is CCOC=Cc1nc(OC)ccc1[N+](=O)[O-]. The third kappa shape index (κ3) is 2.94. The number of pyridine rings is 1. The summed E-state index contributed by atoms with van der Waals surface area (Å²) in [5, 5.41) is 10.7. The van der Waals surface area contributed by atoms with E-state index in [-0.39, 0.29) is 11.4 Å². The van der Waals surface area contributed by atoms with Gasteiger partial charge in [-0.15, -0.1) is 0 Å². The lowest BCUT2D eigenvalue weighted by Crippen LogP contribution is -1.96. The van der Waals surface area contributed by atoms with E-state index in [1.807, 2.05) is 6.92 Å². The van der Waals surface area contributed by atoms with Crippen molar-refractivity contribution in [2.75, 3.05) is 13.7 Å². The fraction of sp³-hybridized carbons (Fsp3) is 0.300. The van der Waals surface area contributed by atoms with Crippen molar-refractivity contribution >= 4 is 11.8 Å². The summed E-state index contributed by atoms with van der Waals surface area (Å²) in [4.78, 5) is 14.2. The molecular weight excluding hydrogens is 212 g/mol. The molecule has 0 aromatic carbocycles. The number of nitrogens with zero attached hydrogens (tertiary/aromatic N) is 2. The van der Waals surface area contributed by atoms with Crippen molar-refractivity contribution in [3.8, 4) is 5.88 Å². The summed E-state index contributed by atoms with van der Waals surface area (Å²) < 4.78 is 9.85. The van der Waals surface area contributed by atoms with Crippen molar-refractivity contribution in [1.29, 1.82) is 0 Å². The highest BCUT2D eigenvalue weighted by molar-refractivity contribution is 5.56. The molecule has 0 saturated heterocycles. The molecule has 0 aliphatic rings. The molecule has 1 aromatic rings. The molecule has 16 heavy (non-hydrogen) atoms. The standard InChI is InChI=1S/C10H12N2O4/c1-3-16-7-6-8-9(12(13)14)4-5-10(11-8)15-2/h4-7H,3H2,1-2H3. The van der Waals surface area contributed by atoms with E-state index in [2.05, 4.69) is 4.98 Å². The molecule has 86 valence electrons. The first-order valence-electron chi connectivity index (χ1n) is 4.66. The minimum Gasteiger partial charge on any atom is -0.501 e. The van der Waals surface area contributed by atoms with E-state index < -0.39 is 4.92 Å². The van der Waals surface area contributed by atoms with Crippen LogP contribution in [0.2, 0.25) is 0 Å². The van der Waals surface area contributed by atoms with Crippen LogP contribution in [-0.4, -0.2) is 23.6 Å². The van der Waals surface area contributed by atoms with Gasteiger partial charge < -0.3 is 9.47 Å². The molecule has 0 N–H and O–H groups in total. The monoisotopic (exact) mass is 224 g/mol. The second-order valence-electron chi connectivity index (χ2n) is 2.77. The Morgan fingerprint density at radius 2 is 2.31 bits per heavy atom. The third-order valence-electron chi connectivity index (χ3n) is 1.77. The van der Waals surface area contributed by atoms with Crippen molar-refractivity contribution in [3.63, 3.8) is 0 Å². The lowest BCUT2D eigenvalue weighted by atomic mass is 10.3. The van der Waals surface area contributed by atoms with Crippen LogP contribution in [0.25, 0.3) is 6.08 Å². The summed E-state index contributed by atoms with van der Waals surface area (Å²) in [6.07, 6.45) is 2.80. The van der Waals surface area contributed by atoms with Crippen LogP contribution in [0.4, 0.5) is 5.69 Å². The molecule has 0 unspecified atom stereocenters. The summed E-state index contributed by atoms with van der Waals surface area (Å²) in [6, 6.07) is 2.79. The minimum absolute atomic E-state index is 0.0863. The van der Waals surface area contributed by atoms with Crippen LogP contribution in [0.3, 0.4) is 0 Å². The van der Waals surface area contributed by atoms with Gasteiger partial charge >= 0.3 is 0 Å². The fourth-order valence-electron chi connectivity index (χ4n) is 1.05. The quantitative estimate of drug-likeness (QED) is 0.434. The second kappa shape index (κ2) is 5.69. The zero-order chi connectivity index (χ0) is 12.0. The van der Waals surface area contributed by atoms with Crippen molar-refractivity contribution in [1.82, 2.24) is 4.98 Å². The van der Waals surface area contributed by atoms with Gasteiger partial charge in [0.25, 0.3) is 5.69 Å². The van der Waals surface area contributed by atoms with E-state index in [1.165, 1.54) is 31.6 Å². The first kappa shape index (κ1) is 12.0. The Morgan fingerprint density at radius 1 is 1.56 bits per heavy atom. The molecule has 1 rings (SSSR count). The molecule has 0 saturated carbocycles. The first-order valence-corrected chi connectivity index (χ1v) is 4.66. The molecule has 0 fully saturated rings. The van der Waals surface area contributed by atoms with E-state index in [1.54, 1.807) is 0 Å². The van der Waals surface area contributed by atoms with Gasteiger partial charge in [0.1, 0.15) is 5.69 Å². The average Bonchev–Trinajstić information content (AvgIpc) is 2.29. The summed E-state index contributed by atoms with van der Waals surface area (Å²) in [6.45, 7) is 2.31. The van der Waals surface area contributed by atoms with E-state index in [9.17, 15) is 10.1 Å². The van der Waals surface area contributed by atoms with Gasteiger partial charge in [0, 0.05) is 18.2 Å². The van der Waals surface area contributed by atoms with Gasteiger partial charge in [0.05, 0.1) is 24.9 Å². The third-order valence-corrected chi connectivity index (χ3v) is 1.77. The average molecular weight is 224 g/mol. The largest absolute Gasteiger partial charge is 0.501 e. The number of hydrogen-bond donors (Lipinski definition) is 0. The number of nitro groups is 1. The molecule has 0 amide bonds. The van der Waals surface area contributed by atoms with Crippen LogP contribution in [0.5, 0.6) is 5.88 Å². The molecule has 0 atom stereocenters. The van der Waals surface area contributed by atoms with Gasteiger partial charge in [-0.3, -0.25) is 10.1 Å². The molecule has 6 nitrogen and oxygen atoms in total. The summed E-state index contributed by atoms with van der Waals surface area (Å²) in [5.41, 5.74) is 0.120. The van der Waals surface area contributed by atoms with Gasteiger partial charge in [0.2, 0.25) is 5.88 Å². The highest BCUT2D eigenvalue weighted by atomic mass is 16.6. The number of ether oxygens (including phenoxy) is 2. The van der Waals surface area contributed by atoms with E-state index in [0.29, 0.717) is 12.5 Å². The van der Waals surface area contributed by atoms with Gasteiger partial charge in [0.15, 0.2) is 0 Å². The van der Waals surface area contributed by atoms with Crippen molar-refractivity contribution in [2.45, 2.75) is 6.92 Å². The molecule has 1 aromatic heterocycles. The normalized spacial score (nSPS) is 10.4. The lowest BCUT2D eigenvalue weighted by Gasteiger charge is -2.01. The van der Waals surface area contributed by atoms with Crippen LogP contribution in [0, 0.1) is 10.1 Å². The zero-order valence-electron chi connectivity index (χ0n) is 9.04. The van der Waals surface area contributed by atoms with Crippen molar-refractivity contribution in [2.24, 2.45) is 0 Å². The molecule has 0 radical (unpaired) electrons. The Hall–Kier alpha value is -2.11. The lowest BCUT2D eigenvalue weighted by molar-refractivity contribution is -0.385. The summed E-state index contributed by atoms with van der Waals surface area (Å²) in [5.74, 6) is 0.321. The number of aromatic nitrogens is 1. The Balaban J connectivity index is 3.05. The van der Waals surface area contributed by atoms with Crippen LogP contribution >= 0.6 is 0 Å². The topological polar surface area (TPSA) is 74.5 Å². The highest BCUT2D eigenvalue weighted by Gasteiger charge is 2.13. The maximum absolute atomic E-state index is 10.7. The van der Waals surface area contributed by atoms with Gasteiger partial charge in [-0.2, -0.15) is 0 Å². The predicted molar refractivity (Wildman–Crippen MR) is 58.1 cm³/mol. The Labute approximate surface area is 92.7 Å². The molecule has 0 spiro atoms. The Morgan fingerprint density at radius 3 is 2.88 bits per heavy atom. The molecule has 0 aliphatic heterocycles. The summed E-state index contributed by atoms with van der Waals surface area (Å²) in [7, 11) is 1.45. The van der Waals surface area contributed by atoms with Gasteiger partial charge in [-0.1, -0.05) is 0 Å². The predicted octanol–water partition coefficient (Wildman–Crippen LogP) is 2.01. The van der Waals surface area contributed by atoms with Crippen molar-refractivity contribution < 1.29 is 14.4 Å². The van der Waals surface area contributed by atoms with E-state index >= 15 is 0 Å². The smallest absolute Gasteiger partial charge is 0.295 e. The molecule has 0 aliphatic carbocycles.